The van der Waals surface area contributed by atoms with Gasteiger partial charge in [0.2, 0.25) is 0 Å². The van der Waals surface area contributed by atoms with Gasteiger partial charge >= 0.3 is 0 Å². The molecule has 3 nitrogen and oxygen atoms in total. The summed E-state index contributed by atoms with van der Waals surface area (Å²) in [5, 5.41) is 3.42. The van der Waals surface area contributed by atoms with Gasteiger partial charge in [-0.15, -0.1) is 11.3 Å². The molecule has 1 heterocycles. The lowest BCUT2D eigenvalue weighted by atomic mass is 10.3. The highest BCUT2D eigenvalue weighted by Gasteiger charge is 2.05. The fourth-order valence-corrected chi connectivity index (χ4v) is 2.88. The van der Waals surface area contributed by atoms with Crippen LogP contribution in [0.15, 0.2) is 34.2 Å². The molecule has 0 aliphatic heterocycles. The molecule has 0 bridgehead atoms. The number of aromatic nitrogens is 1. The minimum absolute atomic E-state index is 0.940. The number of anilines is 1. The smallest absolute Gasteiger partial charge is 0.0798 e. The van der Waals surface area contributed by atoms with Crippen LogP contribution in [0.5, 0.6) is 0 Å². The maximum atomic E-state index is 4.28. The number of halogens is 1. The van der Waals surface area contributed by atoms with Crippen LogP contribution in [0.2, 0.25) is 0 Å². The maximum Gasteiger partial charge on any atom is 0.0798 e. The molecule has 0 spiro atoms. The molecule has 1 aromatic carbocycles. The standard InChI is InChI=1S/C14H18BrN3S/c1-11-14(19-10-17-11)9-18(2)8-7-16-13-5-3-12(15)4-6-13/h3-6,10,16H,7-9H2,1-2H3. The highest BCUT2D eigenvalue weighted by molar-refractivity contribution is 9.10. The molecule has 1 aromatic heterocycles. The van der Waals surface area contributed by atoms with Crippen LogP contribution in [0.25, 0.3) is 0 Å². The van der Waals surface area contributed by atoms with Crippen LogP contribution in [0.1, 0.15) is 10.6 Å². The van der Waals surface area contributed by atoms with E-state index >= 15 is 0 Å². The zero-order chi connectivity index (χ0) is 13.7. The number of hydrogen-bond donors (Lipinski definition) is 1. The molecule has 19 heavy (non-hydrogen) atoms. The topological polar surface area (TPSA) is 28.2 Å². The lowest BCUT2D eigenvalue weighted by Gasteiger charge is -2.16. The second kappa shape index (κ2) is 7.03. The summed E-state index contributed by atoms with van der Waals surface area (Å²) in [6, 6.07) is 8.26. The maximum absolute atomic E-state index is 4.28. The molecule has 0 saturated heterocycles. The van der Waals surface area contributed by atoms with E-state index in [1.54, 1.807) is 11.3 Å². The lowest BCUT2D eigenvalue weighted by molar-refractivity contribution is 0.342. The van der Waals surface area contributed by atoms with Crippen molar-refractivity contribution in [3.8, 4) is 0 Å². The predicted molar refractivity (Wildman–Crippen MR) is 85.8 cm³/mol. The van der Waals surface area contributed by atoms with E-state index in [4.69, 9.17) is 0 Å². The number of nitrogens with one attached hydrogen (secondary N) is 1. The summed E-state index contributed by atoms with van der Waals surface area (Å²) in [5.74, 6) is 0. The van der Waals surface area contributed by atoms with Crippen LogP contribution < -0.4 is 5.32 Å². The van der Waals surface area contributed by atoms with Crippen LogP contribution in [0, 0.1) is 6.92 Å². The highest BCUT2D eigenvalue weighted by atomic mass is 79.9. The van der Waals surface area contributed by atoms with Gasteiger partial charge in [-0.25, -0.2) is 4.98 Å². The first-order chi connectivity index (χ1) is 9.15. The summed E-state index contributed by atoms with van der Waals surface area (Å²) in [6.45, 7) is 4.99. The minimum Gasteiger partial charge on any atom is -0.384 e. The van der Waals surface area contributed by atoms with Gasteiger partial charge in [0.25, 0.3) is 0 Å². The second-order valence-electron chi connectivity index (χ2n) is 4.53. The van der Waals surface area contributed by atoms with Crippen molar-refractivity contribution in [3.05, 3.63) is 44.8 Å². The van der Waals surface area contributed by atoms with E-state index in [1.165, 1.54) is 4.88 Å². The zero-order valence-corrected chi connectivity index (χ0v) is 13.6. The van der Waals surface area contributed by atoms with Gasteiger partial charge in [0, 0.05) is 34.7 Å². The van der Waals surface area contributed by atoms with Gasteiger partial charge < -0.3 is 5.32 Å². The fourth-order valence-electron chi connectivity index (χ4n) is 1.76. The largest absolute Gasteiger partial charge is 0.384 e. The van der Waals surface area contributed by atoms with Crippen LogP contribution in [-0.2, 0) is 6.54 Å². The molecule has 0 atom stereocenters. The van der Waals surface area contributed by atoms with Crippen molar-refractivity contribution < 1.29 is 0 Å². The van der Waals surface area contributed by atoms with Crippen LogP contribution in [0.4, 0.5) is 5.69 Å². The molecule has 1 N–H and O–H groups in total. The summed E-state index contributed by atoms with van der Waals surface area (Å²) in [7, 11) is 2.14. The SMILES string of the molecule is Cc1ncsc1CN(C)CCNc1ccc(Br)cc1. The van der Waals surface area contributed by atoms with Crippen molar-refractivity contribution in [2.75, 3.05) is 25.5 Å². The van der Waals surface area contributed by atoms with Gasteiger partial charge in [0.15, 0.2) is 0 Å². The number of benzene rings is 1. The zero-order valence-electron chi connectivity index (χ0n) is 11.2. The van der Waals surface area contributed by atoms with E-state index < -0.39 is 0 Å². The monoisotopic (exact) mass is 339 g/mol. The summed E-state index contributed by atoms with van der Waals surface area (Å²) in [6.07, 6.45) is 0. The molecule has 2 aromatic rings. The summed E-state index contributed by atoms with van der Waals surface area (Å²) in [5.41, 5.74) is 4.22. The normalized spacial score (nSPS) is 10.9. The number of hydrogen-bond acceptors (Lipinski definition) is 4. The number of nitrogens with zero attached hydrogens (tertiary/aromatic N) is 2. The number of aryl methyl sites for hydroxylation is 1. The van der Waals surface area contributed by atoms with Crippen molar-refractivity contribution in [1.29, 1.82) is 0 Å². The Morgan fingerprint density at radius 3 is 2.68 bits per heavy atom. The minimum atomic E-state index is 0.940. The molecule has 0 aliphatic rings. The molecular weight excluding hydrogens is 322 g/mol. The van der Waals surface area contributed by atoms with E-state index in [0.717, 1.165) is 35.5 Å². The molecule has 102 valence electrons. The van der Waals surface area contributed by atoms with E-state index in [2.05, 4.69) is 57.2 Å². The molecule has 5 heteroatoms. The van der Waals surface area contributed by atoms with Crippen molar-refractivity contribution in [1.82, 2.24) is 9.88 Å². The molecule has 0 saturated carbocycles. The third kappa shape index (κ3) is 4.60. The van der Waals surface area contributed by atoms with Crippen molar-refractivity contribution in [3.63, 3.8) is 0 Å². The number of likely N-dealkylation sites (N-methyl/N-ethyl adjacent to an activating group) is 1. The average molecular weight is 340 g/mol. The summed E-state index contributed by atoms with van der Waals surface area (Å²) >= 11 is 5.17. The van der Waals surface area contributed by atoms with Crippen molar-refractivity contribution in [2.24, 2.45) is 0 Å². The Balaban J connectivity index is 1.73. The molecule has 0 unspecified atom stereocenters. The Morgan fingerprint density at radius 2 is 2.05 bits per heavy atom. The van der Waals surface area contributed by atoms with Gasteiger partial charge in [0.1, 0.15) is 0 Å². The molecule has 0 radical (unpaired) electrons. The number of thiazole rings is 1. The quantitative estimate of drug-likeness (QED) is 0.868. The van der Waals surface area contributed by atoms with Gasteiger partial charge in [0.05, 0.1) is 11.2 Å². The first kappa shape index (κ1) is 14.5. The third-order valence-corrected chi connectivity index (χ3v) is 4.37. The Kier molecular flexibility index (Phi) is 5.36. The molecule has 0 amide bonds. The van der Waals surface area contributed by atoms with Crippen molar-refractivity contribution >= 4 is 33.0 Å². The Hall–Kier alpha value is -0.910. The lowest BCUT2D eigenvalue weighted by Crippen LogP contribution is -2.24. The highest BCUT2D eigenvalue weighted by Crippen LogP contribution is 2.15. The first-order valence-corrected chi connectivity index (χ1v) is 7.89. The third-order valence-electron chi connectivity index (χ3n) is 2.93. The molecule has 0 fully saturated rings. The first-order valence-electron chi connectivity index (χ1n) is 6.22. The van der Waals surface area contributed by atoms with Crippen LogP contribution in [-0.4, -0.2) is 30.0 Å². The van der Waals surface area contributed by atoms with Gasteiger partial charge in [-0.1, -0.05) is 15.9 Å². The van der Waals surface area contributed by atoms with E-state index in [9.17, 15) is 0 Å². The predicted octanol–water partition coefficient (Wildman–Crippen LogP) is 3.76. The second-order valence-corrected chi connectivity index (χ2v) is 6.39. The molecular formula is C14H18BrN3S. The van der Waals surface area contributed by atoms with E-state index in [0.29, 0.717) is 0 Å². The summed E-state index contributed by atoms with van der Waals surface area (Å²) in [4.78, 5) is 7.94. The van der Waals surface area contributed by atoms with E-state index in [1.807, 2.05) is 17.6 Å². The molecule has 0 aliphatic carbocycles. The van der Waals surface area contributed by atoms with Gasteiger partial charge in [-0.2, -0.15) is 0 Å². The van der Waals surface area contributed by atoms with Gasteiger partial charge in [-0.3, -0.25) is 4.90 Å². The van der Waals surface area contributed by atoms with Gasteiger partial charge in [-0.05, 0) is 38.2 Å². The summed E-state index contributed by atoms with van der Waals surface area (Å²) < 4.78 is 1.11. The van der Waals surface area contributed by atoms with E-state index in [-0.39, 0.29) is 0 Å². The fraction of sp³-hybridized carbons (Fsp3) is 0.357. The Morgan fingerprint density at radius 1 is 1.32 bits per heavy atom. The van der Waals surface area contributed by atoms with Crippen LogP contribution in [0.3, 0.4) is 0 Å². The Labute approximate surface area is 126 Å². The number of rotatable bonds is 6. The molecule has 2 rings (SSSR count). The average Bonchev–Trinajstić information content (AvgIpc) is 2.78. The Bertz CT molecular complexity index is 510. The van der Waals surface area contributed by atoms with Crippen LogP contribution >= 0.6 is 27.3 Å². The van der Waals surface area contributed by atoms with Crippen molar-refractivity contribution in [2.45, 2.75) is 13.5 Å².